The molecule has 2 atom stereocenters. The maximum Gasteiger partial charge on any atom is 0.0593 e. The van der Waals surface area contributed by atoms with Gasteiger partial charge in [0.05, 0.1) is 6.61 Å². The Morgan fingerprint density at radius 3 is 3.12 bits per heavy atom. The summed E-state index contributed by atoms with van der Waals surface area (Å²) < 4.78 is 5.66. The predicted octanol–water partition coefficient (Wildman–Crippen LogP) is 1.88. The van der Waals surface area contributed by atoms with Crippen LogP contribution in [0.25, 0.3) is 0 Å². The van der Waals surface area contributed by atoms with Gasteiger partial charge in [0.15, 0.2) is 0 Å². The van der Waals surface area contributed by atoms with E-state index >= 15 is 0 Å². The molecule has 0 saturated carbocycles. The highest BCUT2D eigenvalue weighted by atomic mass is 16.5. The summed E-state index contributed by atoms with van der Waals surface area (Å²) >= 11 is 0. The molecule has 0 spiro atoms. The SMILES string of the molecule is CCCCOCCN1CCC2NCCCC2C1. The van der Waals surface area contributed by atoms with Crippen molar-refractivity contribution in [1.29, 1.82) is 0 Å². The lowest BCUT2D eigenvalue weighted by molar-refractivity contribution is 0.0652. The van der Waals surface area contributed by atoms with E-state index in [-0.39, 0.29) is 0 Å². The minimum Gasteiger partial charge on any atom is -0.380 e. The molecule has 3 nitrogen and oxygen atoms in total. The summed E-state index contributed by atoms with van der Waals surface area (Å²) in [6.07, 6.45) is 6.56. The van der Waals surface area contributed by atoms with Crippen molar-refractivity contribution < 1.29 is 4.74 Å². The van der Waals surface area contributed by atoms with Crippen molar-refractivity contribution in [1.82, 2.24) is 10.2 Å². The first kappa shape index (κ1) is 13.3. The summed E-state index contributed by atoms with van der Waals surface area (Å²) in [7, 11) is 0. The van der Waals surface area contributed by atoms with Crippen LogP contribution in [0.5, 0.6) is 0 Å². The lowest BCUT2D eigenvalue weighted by Gasteiger charge is -2.41. The summed E-state index contributed by atoms with van der Waals surface area (Å²) in [4.78, 5) is 2.60. The van der Waals surface area contributed by atoms with Crippen molar-refractivity contribution in [3.63, 3.8) is 0 Å². The highest BCUT2D eigenvalue weighted by molar-refractivity contribution is 4.88. The molecule has 2 unspecified atom stereocenters. The fourth-order valence-corrected chi connectivity index (χ4v) is 3.07. The quantitative estimate of drug-likeness (QED) is 0.717. The largest absolute Gasteiger partial charge is 0.380 e. The summed E-state index contributed by atoms with van der Waals surface area (Å²) in [6.45, 7) is 8.99. The van der Waals surface area contributed by atoms with Crippen LogP contribution in [0.3, 0.4) is 0 Å². The highest BCUT2D eigenvalue weighted by Gasteiger charge is 2.30. The smallest absolute Gasteiger partial charge is 0.0593 e. The van der Waals surface area contributed by atoms with Gasteiger partial charge in [-0.05, 0) is 44.7 Å². The number of hydrogen-bond acceptors (Lipinski definition) is 3. The maximum absolute atomic E-state index is 5.66. The standard InChI is InChI=1S/C14H28N2O/c1-2-3-10-17-11-9-16-8-6-14-13(12-16)5-4-7-15-14/h13-15H,2-12H2,1H3. The number of nitrogens with zero attached hydrogens (tertiary/aromatic N) is 1. The van der Waals surface area contributed by atoms with Gasteiger partial charge in [-0.1, -0.05) is 13.3 Å². The van der Waals surface area contributed by atoms with Crippen LogP contribution in [-0.4, -0.2) is 50.3 Å². The normalized spacial score (nSPS) is 30.2. The van der Waals surface area contributed by atoms with Gasteiger partial charge in [-0.2, -0.15) is 0 Å². The van der Waals surface area contributed by atoms with Gasteiger partial charge < -0.3 is 15.0 Å². The summed E-state index contributed by atoms with van der Waals surface area (Å²) in [5.74, 6) is 0.896. The Morgan fingerprint density at radius 1 is 1.29 bits per heavy atom. The van der Waals surface area contributed by atoms with Crippen LogP contribution in [0.1, 0.15) is 39.0 Å². The van der Waals surface area contributed by atoms with Gasteiger partial charge in [0.2, 0.25) is 0 Å². The van der Waals surface area contributed by atoms with Crippen molar-refractivity contribution in [2.45, 2.75) is 45.1 Å². The van der Waals surface area contributed by atoms with Gasteiger partial charge in [0.1, 0.15) is 0 Å². The molecule has 2 aliphatic rings. The Bertz CT molecular complexity index is 210. The average molecular weight is 240 g/mol. The number of nitrogens with one attached hydrogen (secondary N) is 1. The molecule has 0 aliphatic carbocycles. The molecule has 1 N–H and O–H groups in total. The second-order valence-electron chi connectivity index (χ2n) is 5.52. The third-order valence-corrected chi connectivity index (χ3v) is 4.17. The summed E-state index contributed by atoms with van der Waals surface area (Å²) in [6, 6.07) is 0.806. The molecule has 0 amide bonds. The molecule has 3 heteroatoms. The van der Waals surface area contributed by atoms with Crippen LogP contribution in [0.4, 0.5) is 0 Å². The number of hydrogen-bond donors (Lipinski definition) is 1. The lowest BCUT2D eigenvalue weighted by Crippen LogP contribution is -2.52. The predicted molar refractivity (Wildman–Crippen MR) is 71.3 cm³/mol. The number of piperidine rings is 2. The number of rotatable bonds is 6. The number of ether oxygens (including phenoxy) is 1. The van der Waals surface area contributed by atoms with Crippen molar-refractivity contribution >= 4 is 0 Å². The molecule has 2 saturated heterocycles. The maximum atomic E-state index is 5.66. The van der Waals surface area contributed by atoms with E-state index in [1.165, 1.54) is 51.7 Å². The Labute approximate surface area is 106 Å². The third-order valence-electron chi connectivity index (χ3n) is 4.17. The number of unbranched alkanes of at least 4 members (excludes halogenated alkanes) is 1. The Hall–Kier alpha value is -0.120. The molecule has 2 fully saturated rings. The highest BCUT2D eigenvalue weighted by Crippen LogP contribution is 2.24. The molecular weight excluding hydrogens is 212 g/mol. The van der Waals surface area contributed by atoms with Gasteiger partial charge in [0, 0.05) is 25.7 Å². The van der Waals surface area contributed by atoms with Crippen LogP contribution in [0.15, 0.2) is 0 Å². The average Bonchev–Trinajstić information content (AvgIpc) is 2.38. The van der Waals surface area contributed by atoms with Gasteiger partial charge in [-0.3, -0.25) is 0 Å². The van der Waals surface area contributed by atoms with E-state index in [1.54, 1.807) is 0 Å². The van der Waals surface area contributed by atoms with Gasteiger partial charge in [-0.15, -0.1) is 0 Å². The first-order valence-electron chi connectivity index (χ1n) is 7.43. The zero-order chi connectivity index (χ0) is 11.9. The lowest BCUT2D eigenvalue weighted by atomic mass is 9.85. The van der Waals surface area contributed by atoms with Crippen LogP contribution in [-0.2, 0) is 4.74 Å². The van der Waals surface area contributed by atoms with E-state index < -0.39 is 0 Å². The van der Waals surface area contributed by atoms with E-state index in [2.05, 4.69) is 17.1 Å². The molecule has 0 bridgehead atoms. The Kier molecular flexibility index (Phi) is 5.75. The molecule has 2 heterocycles. The van der Waals surface area contributed by atoms with Gasteiger partial charge in [0.25, 0.3) is 0 Å². The van der Waals surface area contributed by atoms with Gasteiger partial charge in [-0.25, -0.2) is 0 Å². The molecule has 0 aromatic heterocycles. The van der Waals surface area contributed by atoms with Crippen LogP contribution >= 0.6 is 0 Å². The zero-order valence-electron chi connectivity index (χ0n) is 11.3. The first-order chi connectivity index (χ1) is 8.40. The molecule has 17 heavy (non-hydrogen) atoms. The number of fused-ring (bicyclic) bond motifs is 1. The monoisotopic (exact) mass is 240 g/mol. The fraction of sp³-hybridized carbons (Fsp3) is 1.00. The molecule has 0 aromatic carbocycles. The zero-order valence-corrected chi connectivity index (χ0v) is 11.3. The summed E-state index contributed by atoms with van der Waals surface area (Å²) in [5, 5.41) is 3.67. The Morgan fingerprint density at radius 2 is 2.24 bits per heavy atom. The topological polar surface area (TPSA) is 24.5 Å². The van der Waals surface area contributed by atoms with E-state index in [0.29, 0.717) is 0 Å². The molecule has 0 aromatic rings. The van der Waals surface area contributed by atoms with E-state index in [4.69, 9.17) is 4.74 Å². The van der Waals surface area contributed by atoms with Gasteiger partial charge >= 0.3 is 0 Å². The minimum atomic E-state index is 0.806. The van der Waals surface area contributed by atoms with E-state index in [9.17, 15) is 0 Å². The molecule has 100 valence electrons. The molecular formula is C14H28N2O. The number of likely N-dealkylation sites (tertiary alicyclic amines) is 1. The van der Waals surface area contributed by atoms with Crippen molar-refractivity contribution in [2.24, 2.45) is 5.92 Å². The Balaban J connectivity index is 1.59. The second-order valence-corrected chi connectivity index (χ2v) is 5.52. The molecule has 2 rings (SSSR count). The van der Waals surface area contributed by atoms with Crippen molar-refractivity contribution in [3.8, 4) is 0 Å². The fourth-order valence-electron chi connectivity index (χ4n) is 3.07. The van der Waals surface area contributed by atoms with Crippen molar-refractivity contribution in [2.75, 3.05) is 39.4 Å². The molecule has 2 aliphatic heterocycles. The van der Waals surface area contributed by atoms with E-state index in [1.807, 2.05) is 0 Å². The van der Waals surface area contributed by atoms with Crippen molar-refractivity contribution in [3.05, 3.63) is 0 Å². The van der Waals surface area contributed by atoms with Crippen LogP contribution < -0.4 is 5.32 Å². The first-order valence-corrected chi connectivity index (χ1v) is 7.43. The van der Waals surface area contributed by atoms with Crippen LogP contribution in [0.2, 0.25) is 0 Å². The van der Waals surface area contributed by atoms with E-state index in [0.717, 1.165) is 31.7 Å². The molecule has 0 radical (unpaired) electrons. The third kappa shape index (κ3) is 4.23. The second kappa shape index (κ2) is 7.34. The van der Waals surface area contributed by atoms with Crippen LogP contribution in [0, 0.1) is 5.92 Å². The summed E-state index contributed by atoms with van der Waals surface area (Å²) in [5.41, 5.74) is 0. The minimum absolute atomic E-state index is 0.806.